The van der Waals surface area contributed by atoms with Gasteiger partial charge >= 0.3 is 5.97 Å². The molecule has 2 aromatic carbocycles. The minimum Gasteiger partial charge on any atom is -0.462 e. The highest BCUT2D eigenvalue weighted by atomic mass is 16.6. The SMILES string of the molecule is CCOC(=O)c1ccc(NC(=O)/C(C#N)=C/c2ccc(-c3cccc([N+](=O)[O-])c3)o2)cc1. The van der Waals surface area contributed by atoms with E-state index >= 15 is 0 Å². The fourth-order valence-electron chi connectivity index (χ4n) is 2.75. The van der Waals surface area contributed by atoms with E-state index in [1.54, 1.807) is 25.1 Å². The van der Waals surface area contributed by atoms with E-state index in [4.69, 9.17) is 9.15 Å². The molecule has 160 valence electrons. The van der Waals surface area contributed by atoms with Gasteiger partial charge < -0.3 is 14.5 Å². The molecule has 0 atom stereocenters. The molecule has 0 bridgehead atoms. The van der Waals surface area contributed by atoms with E-state index in [2.05, 4.69) is 5.32 Å². The highest BCUT2D eigenvalue weighted by molar-refractivity contribution is 6.09. The summed E-state index contributed by atoms with van der Waals surface area (Å²) < 4.78 is 10.5. The van der Waals surface area contributed by atoms with Crippen LogP contribution in [0.1, 0.15) is 23.0 Å². The Hall–Kier alpha value is -4.71. The molecule has 0 aliphatic rings. The van der Waals surface area contributed by atoms with Crippen molar-refractivity contribution in [3.05, 3.63) is 87.7 Å². The number of nitrogens with one attached hydrogen (secondary N) is 1. The van der Waals surface area contributed by atoms with Crippen molar-refractivity contribution >= 4 is 29.3 Å². The van der Waals surface area contributed by atoms with Crippen LogP contribution in [0.25, 0.3) is 17.4 Å². The summed E-state index contributed by atoms with van der Waals surface area (Å²) in [6, 6.07) is 16.9. The van der Waals surface area contributed by atoms with Gasteiger partial charge in [-0.1, -0.05) is 12.1 Å². The van der Waals surface area contributed by atoms with Crippen molar-refractivity contribution in [3.8, 4) is 17.4 Å². The summed E-state index contributed by atoms with van der Waals surface area (Å²) in [5.74, 6) is -0.548. The number of nitro benzene ring substituents is 1. The van der Waals surface area contributed by atoms with Gasteiger partial charge in [0.25, 0.3) is 11.6 Å². The number of furan rings is 1. The molecule has 0 saturated heterocycles. The number of nitro groups is 1. The Morgan fingerprint density at radius 3 is 2.59 bits per heavy atom. The molecular weight excluding hydrogens is 414 g/mol. The summed E-state index contributed by atoms with van der Waals surface area (Å²) in [5.41, 5.74) is 0.927. The first-order chi connectivity index (χ1) is 15.4. The number of esters is 1. The van der Waals surface area contributed by atoms with Gasteiger partial charge in [-0.3, -0.25) is 14.9 Å². The first-order valence-electron chi connectivity index (χ1n) is 9.46. The van der Waals surface area contributed by atoms with Gasteiger partial charge in [0.15, 0.2) is 0 Å². The third-order valence-corrected chi connectivity index (χ3v) is 4.27. The number of nitrogens with zero attached hydrogens (tertiary/aromatic N) is 2. The zero-order valence-corrected chi connectivity index (χ0v) is 16.9. The Bertz CT molecular complexity index is 1240. The van der Waals surface area contributed by atoms with Gasteiger partial charge in [-0.2, -0.15) is 5.26 Å². The number of hydrogen-bond acceptors (Lipinski definition) is 7. The lowest BCUT2D eigenvalue weighted by molar-refractivity contribution is -0.384. The predicted octanol–water partition coefficient (Wildman–Crippen LogP) is 4.58. The first kappa shape index (κ1) is 22.0. The summed E-state index contributed by atoms with van der Waals surface area (Å²) in [6.07, 6.45) is 1.27. The van der Waals surface area contributed by atoms with Gasteiger partial charge in [-0.05, 0) is 43.3 Å². The Morgan fingerprint density at radius 2 is 1.94 bits per heavy atom. The Kier molecular flexibility index (Phi) is 6.78. The molecule has 3 rings (SSSR count). The molecule has 32 heavy (non-hydrogen) atoms. The van der Waals surface area contributed by atoms with Gasteiger partial charge in [-0.15, -0.1) is 0 Å². The largest absolute Gasteiger partial charge is 0.462 e. The van der Waals surface area contributed by atoms with Crippen LogP contribution >= 0.6 is 0 Å². The number of ether oxygens (including phenoxy) is 1. The zero-order valence-electron chi connectivity index (χ0n) is 16.9. The third kappa shape index (κ3) is 5.25. The fraction of sp³-hybridized carbons (Fsp3) is 0.0870. The van der Waals surface area contributed by atoms with Crippen LogP contribution in [-0.4, -0.2) is 23.4 Å². The molecule has 0 saturated carbocycles. The molecule has 9 nitrogen and oxygen atoms in total. The molecular formula is C23H17N3O6. The van der Waals surface area contributed by atoms with Crippen molar-refractivity contribution in [1.82, 2.24) is 0 Å². The molecule has 1 amide bonds. The molecule has 0 unspecified atom stereocenters. The van der Waals surface area contributed by atoms with Crippen LogP contribution in [-0.2, 0) is 9.53 Å². The van der Waals surface area contributed by atoms with Crippen molar-refractivity contribution < 1.29 is 23.7 Å². The maximum atomic E-state index is 12.5. The normalized spacial score (nSPS) is 10.8. The monoisotopic (exact) mass is 431 g/mol. The van der Waals surface area contributed by atoms with E-state index in [-0.39, 0.29) is 23.6 Å². The second-order valence-electron chi connectivity index (χ2n) is 6.43. The minimum absolute atomic E-state index is 0.0814. The molecule has 0 aliphatic carbocycles. The smallest absolute Gasteiger partial charge is 0.338 e. The standard InChI is InChI=1S/C23H17N3O6/c1-2-31-23(28)15-6-8-18(9-7-15)25-22(27)17(14-24)13-20-10-11-21(32-20)16-4-3-5-19(12-16)26(29)30/h3-13H,2H2,1H3,(H,25,27)/b17-13+. The molecule has 9 heteroatoms. The molecule has 1 aromatic heterocycles. The van der Waals surface area contributed by atoms with Gasteiger partial charge in [0.1, 0.15) is 23.2 Å². The number of anilines is 1. The second kappa shape index (κ2) is 9.86. The molecule has 3 aromatic rings. The maximum absolute atomic E-state index is 12.5. The average molecular weight is 431 g/mol. The van der Waals surface area contributed by atoms with Crippen LogP contribution in [0.5, 0.6) is 0 Å². The fourth-order valence-corrected chi connectivity index (χ4v) is 2.75. The van der Waals surface area contributed by atoms with Crippen LogP contribution < -0.4 is 5.32 Å². The lowest BCUT2D eigenvalue weighted by Crippen LogP contribution is -2.13. The maximum Gasteiger partial charge on any atom is 0.338 e. The summed E-state index contributed by atoms with van der Waals surface area (Å²) in [5, 5.41) is 22.9. The average Bonchev–Trinajstić information content (AvgIpc) is 3.27. The number of carbonyl (C=O) groups excluding carboxylic acids is 2. The van der Waals surface area contributed by atoms with E-state index in [9.17, 15) is 25.0 Å². The second-order valence-corrected chi connectivity index (χ2v) is 6.43. The van der Waals surface area contributed by atoms with E-state index in [1.165, 1.54) is 48.5 Å². The predicted molar refractivity (Wildman–Crippen MR) is 115 cm³/mol. The quantitative estimate of drug-likeness (QED) is 0.190. The lowest BCUT2D eigenvalue weighted by atomic mass is 10.1. The molecule has 0 aliphatic heterocycles. The Morgan fingerprint density at radius 1 is 1.19 bits per heavy atom. The van der Waals surface area contributed by atoms with E-state index < -0.39 is 16.8 Å². The number of benzene rings is 2. The summed E-state index contributed by atoms with van der Waals surface area (Å²) in [7, 11) is 0. The number of amides is 1. The van der Waals surface area contributed by atoms with Gasteiger partial charge in [0.2, 0.25) is 0 Å². The van der Waals surface area contributed by atoms with Gasteiger partial charge in [0, 0.05) is 29.5 Å². The first-order valence-corrected chi connectivity index (χ1v) is 9.46. The number of non-ortho nitro benzene ring substituents is 1. The molecule has 1 heterocycles. The third-order valence-electron chi connectivity index (χ3n) is 4.27. The van der Waals surface area contributed by atoms with Gasteiger partial charge in [-0.25, -0.2) is 4.79 Å². The van der Waals surface area contributed by atoms with Crippen LogP contribution in [0.4, 0.5) is 11.4 Å². The highest BCUT2D eigenvalue weighted by Gasteiger charge is 2.14. The van der Waals surface area contributed by atoms with Gasteiger partial charge in [0.05, 0.1) is 17.1 Å². The number of rotatable bonds is 7. The van der Waals surface area contributed by atoms with Crippen molar-refractivity contribution in [2.24, 2.45) is 0 Å². The number of carbonyl (C=O) groups is 2. The topological polar surface area (TPSA) is 135 Å². The minimum atomic E-state index is -0.662. The number of nitriles is 1. The molecule has 0 radical (unpaired) electrons. The van der Waals surface area contributed by atoms with Crippen LogP contribution in [0.3, 0.4) is 0 Å². The van der Waals surface area contributed by atoms with Crippen LogP contribution in [0.15, 0.2) is 70.7 Å². The summed E-state index contributed by atoms with van der Waals surface area (Å²) in [6.45, 7) is 1.96. The molecule has 0 spiro atoms. The zero-order chi connectivity index (χ0) is 23.1. The highest BCUT2D eigenvalue weighted by Crippen LogP contribution is 2.26. The number of hydrogen-bond donors (Lipinski definition) is 1. The molecule has 0 fully saturated rings. The summed E-state index contributed by atoms with van der Waals surface area (Å²) in [4.78, 5) is 34.6. The van der Waals surface area contributed by atoms with E-state index in [1.807, 2.05) is 6.07 Å². The lowest BCUT2D eigenvalue weighted by Gasteiger charge is -2.06. The molecule has 1 N–H and O–H groups in total. The Labute approximate surface area is 182 Å². The van der Waals surface area contributed by atoms with Crippen LogP contribution in [0, 0.1) is 21.4 Å². The summed E-state index contributed by atoms with van der Waals surface area (Å²) >= 11 is 0. The Balaban J connectivity index is 1.74. The van der Waals surface area contributed by atoms with E-state index in [0.717, 1.165) is 0 Å². The van der Waals surface area contributed by atoms with E-state index in [0.29, 0.717) is 22.6 Å². The van der Waals surface area contributed by atoms with Crippen molar-refractivity contribution in [1.29, 1.82) is 5.26 Å². The van der Waals surface area contributed by atoms with Crippen molar-refractivity contribution in [2.75, 3.05) is 11.9 Å². The van der Waals surface area contributed by atoms with Crippen molar-refractivity contribution in [3.63, 3.8) is 0 Å². The van der Waals surface area contributed by atoms with Crippen LogP contribution in [0.2, 0.25) is 0 Å². The van der Waals surface area contributed by atoms with Crippen molar-refractivity contribution in [2.45, 2.75) is 6.92 Å².